The summed E-state index contributed by atoms with van der Waals surface area (Å²) in [4.78, 5) is 2.01. The van der Waals surface area contributed by atoms with E-state index in [-0.39, 0.29) is 6.61 Å². The van der Waals surface area contributed by atoms with Crippen molar-refractivity contribution in [2.75, 3.05) is 13.2 Å². The van der Waals surface area contributed by atoms with Crippen LogP contribution in [0.1, 0.15) is 23.1 Å². The lowest BCUT2D eigenvalue weighted by atomic mass is 10.2. The van der Waals surface area contributed by atoms with Gasteiger partial charge < -0.3 is 14.6 Å². The van der Waals surface area contributed by atoms with Gasteiger partial charge in [0.15, 0.2) is 0 Å². The number of hydrogen-bond donors (Lipinski definition) is 1. The van der Waals surface area contributed by atoms with Gasteiger partial charge in [0.2, 0.25) is 5.79 Å². The Morgan fingerprint density at radius 3 is 2.64 bits per heavy atom. The molecule has 2 rings (SSSR count). The quantitative estimate of drug-likeness (QED) is 0.834. The highest BCUT2D eigenvalue weighted by Gasteiger charge is 2.37. The van der Waals surface area contributed by atoms with E-state index in [0.717, 1.165) is 16.2 Å². The van der Waals surface area contributed by atoms with Crippen LogP contribution in [-0.4, -0.2) is 18.3 Å². The summed E-state index contributed by atoms with van der Waals surface area (Å²) in [6.45, 7) is 3.44. The van der Waals surface area contributed by atoms with Gasteiger partial charge in [-0.15, -0.1) is 11.3 Å². The van der Waals surface area contributed by atoms with Crippen LogP contribution < -0.4 is 0 Å². The molecule has 78 valence electrons. The SMILES string of the molecule is CCC1(c2ccc(CO)s2)OCCO1. The zero-order valence-electron chi connectivity index (χ0n) is 8.16. The van der Waals surface area contributed by atoms with Crippen molar-refractivity contribution >= 4 is 11.3 Å². The highest BCUT2D eigenvalue weighted by molar-refractivity contribution is 7.12. The van der Waals surface area contributed by atoms with E-state index in [0.29, 0.717) is 13.2 Å². The highest BCUT2D eigenvalue weighted by atomic mass is 32.1. The van der Waals surface area contributed by atoms with Gasteiger partial charge >= 0.3 is 0 Å². The number of ether oxygens (including phenoxy) is 2. The third-order valence-corrected chi connectivity index (χ3v) is 3.61. The van der Waals surface area contributed by atoms with Gasteiger partial charge in [-0.3, -0.25) is 0 Å². The average Bonchev–Trinajstić information content (AvgIpc) is 2.87. The zero-order chi connectivity index (χ0) is 10.0. The first-order valence-electron chi connectivity index (χ1n) is 4.78. The molecule has 0 aromatic carbocycles. The fourth-order valence-electron chi connectivity index (χ4n) is 1.64. The van der Waals surface area contributed by atoms with Crippen LogP contribution in [0.5, 0.6) is 0 Å². The maximum Gasteiger partial charge on any atom is 0.204 e. The summed E-state index contributed by atoms with van der Waals surface area (Å²) in [7, 11) is 0. The van der Waals surface area contributed by atoms with Gasteiger partial charge in [-0.25, -0.2) is 0 Å². The first-order chi connectivity index (χ1) is 6.80. The van der Waals surface area contributed by atoms with E-state index < -0.39 is 5.79 Å². The first-order valence-corrected chi connectivity index (χ1v) is 5.60. The molecule has 0 spiro atoms. The molecule has 1 saturated heterocycles. The van der Waals surface area contributed by atoms with Crippen molar-refractivity contribution < 1.29 is 14.6 Å². The van der Waals surface area contributed by atoms with Crippen LogP contribution in [0.4, 0.5) is 0 Å². The van der Waals surface area contributed by atoms with E-state index in [1.165, 1.54) is 0 Å². The molecule has 1 fully saturated rings. The van der Waals surface area contributed by atoms with E-state index in [4.69, 9.17) is 14.6 Å². The molecule has 4 heteroatoms. The van der Waals surface area contributed by atoms with Crippen LogP contribution >= 0.6 is 11.3 Å². The van der Waals surface area contributed by atoms with E-state index >= 15 is 0 Å². The van der Waals surface area contributed by atoms with Crippen LogP contribution in [0.25, 0.3) is 0 Å². The van der Waals surface area contributed by atoms with E-state index in [1.54, 1.807) is 11.3 Å². The van der Waals surface area contributed by atoms with Gasteiger partial charge in [-0.05, 0) is 12.1 Å². The normalized spacial score (nSPS) is 20.1. The lowest BCUT2D eigenvalue weighted by molar-refractivity contribution is -0.164. The summed E-state index contributed by atoms with van der Waals surface area (Å²) in [5, 5.41) is 8.98. The monoisotopic (exact) mass is 214 g/mol. The van der Waals surface area contributed by atoms with Crippen molar-refractivity contribution in [2.24, 2.45) is 0 Å². The second-order valence-corrected chi connectivity index (χ2v) is 4.40. The summed E-state index contributed by atoms with van der Waals surface area (Å²) in [5.41, 5.74) is 0. The third kappa shape index (κ3) is 1.59. The minimum Gasteiger partial charge on any atom is -0.391 e. The molecule has 3 nitrogen and oxygen atoms in total. The molecule has 0 bridgehead atoms. The van der Waals surface area contributed by atoms with Gasteiger partial charge in [0, 0.05) is 11.3 Å². The van der Waals surface area contributed by atoms with Gasteiger partial charge in [0.25, 0.3) is 0 Å². The van der Waals surface area contributed by atoms with Crippen molar-refractivity contribution in [3.05, 3.63) is 21.9 Å². The summed E-state index contributed by atoms with van der Waals surface area (Å²) >= 11 is 1.55. The Morgan fingerprint density at radius 1 is 1.43 bits per heavy atom. The zero-order valence-corrected chi connectivity index (χ0v) is 8.97. The van der Waals surface area contributed by atoms with Gasteiger partial charge in [0.1, 0.15) is 0 Å². The number of thiophene rings is 1. The molecule has 1 aromatic rings. The van der Waals surface area contributed by atoms with Crippen molar-refractivity contribution in [1.82, 2.24) is 0 Å². The fourth-order valence-corrected chi connectivity index (χ4v) is 2.68. The molecule has 2 heterocycles. The molecular formula is C10H14O3S. The predicted octanol–water partition coefficient (Wildman–Crippen LogP) is 1.85. The Morgan fingerprint density at radius 2 is 2.14 bits per heavy atom. The second-order valence-electron chi connectivity index (χ2n) is 3.23. The number of hydrogen-bond acceptors (Lipinski definition) is 4. The van der Waals surface area contributed by atoms with Gasteiger partial charge in [-0.2, -0.15) is 0 Å². The van der Waals surface area contributed by atoms with E-state index in [9.17, 15) is 0 Å². The summed E-state index contributed by atoms with van der Waals surface area (Å²) in [5.74, 6) is -0.544. The maximum absolute atomic E-state index is 8.98. The second kappa shape index (κ2) is 3.98. The molecule has 0 radical (unpaired) electrons. The van der Waals surface area contributed by atoms with Crippen LogP contribution in [0.15, 0.2) is 12.1 Å². The van der Waals surface area contributed by atoms with Crippen molar-refractivity contribution in [3.63, 3.8) is 0 Å². The first kappa shape index (κ1) is 10.1. The van der Waals surface area contributed by atoms with Crippen molar-refractivity contribution in [2.45, 2.75) is 25.7 Å². The number of rotatable bonds is 3. The molecular weight excluding hydrogens is 200 g/mol. The minimum atomic E-state index is -0.544. The molecule has 0 aliphatic carbocycles. The Kier molecular flexibility index (Phi) is 2.88. The largest absolute Gasteiger partial charge is 0.391 e. The van der Waals surface area contributed by atoms with Gasteiger partial charge in [0.05, 0.1) is 24.7 Å². The van der Waals surface area contributed by atoms with E-state index in [1.807, 2.05) is 19.1 Å². The Hall–Kier alpha value is -0.420. The molecule has 0 amide bonds. The average molecular weight is 214 g/mol. The lowest BCUT2D eigenvalue weighted by Gasteiger charge is -2.24. The highest BCUT2D eigenvalue weighted by Crippen LogP contribution is 2.38. The van der Waals surface area contributed by atoms with Crippen LogP contribution in [0, 0.1) is 0 Å². The molecule has 1 N–H and O–H groups in total. The Labute approximate surface area is 87.3 Å². The summed E-state index contributed by atoms with van der Waals surface area (Å²) in [6.07, 6.45) is 0.804. The van der Waals surface area contributed by atoms with Crippen molar-refractivity contribution in [3.8, 4) is 0 Å². The van der Waals surface area contributed by atoms with Crippen LogP contribution in [0.2, 0.25) is 0 Å². The molecule has 0 atom stereocenters. The topological polar surface area (TPSA) is 38.7 Å². The standard InChI is InChI=1S/C10H14O3S/c1-2-10(12-5-6-13-10)9-4-3-8(7-11)14-9/h3-4,11H,2,5-7H2,1H3. The number of aliphatic hydroxyl groups excluding tert-OH is 1. The Bertz CT molecular complexity index is 302. The fraction of sp³-hybridized carbons (Fsp3) is 0.600. The summed E-state index contributed by atoms with van der Waals surface area (Å²) in [6, 6.07) is 3.90. The lowest BCUT2D eigenvalue weighted by Crippen LogP contribution is -2.24. The minimum absolute atomic E-state index is 0.0878. The third-order valence-electron chi connectivity index (χ3n) is 2.41. The smallest absolute Gasteiger partial charge is 0.204 e. The Balaban J connectivity index is 2.26. The molecule has 14 heavy (non-hydrogen) atoms. The number of aliphatic hydroxyl groups is 1. The van der Waals surface area contributed by atoms with Crippen molar-refractivity contribution in [1.29, 1.82) is 0 Å². The summed E-state index contributed by atoms with van der Waals surface area (Å²) < 4.78 is 11.3. The predicted molar refractivity (Wildman–Crippen MR) is 54.1 cm³/mol. The van der Waals surface area contributed by atoms with Crippen LogP contribution in [-0.2, 0) is 21.9 Å². The van der Waals surface area contributed by atoms with E-state index in [2.05, 4.69) is 0 Å². The molecule has 0 saturated carbocycles. The molecule has 1 aromatic heterocycles. The molecule has 1 aliphatic rings. The van der Waals surface area contributed by atoms with Gasteiger partial charge in [-0.1, -0.05) is 6.92 Å². The molecule has 1 aliphatic heterocycles. The maximum atomic E-state index is 8.98. The molecule has 0 unspecified atom stereocenters. The van der Waals surface area contributed by atoms with Crippen LogP contribution in [0.3, 0.4) is 0 Å².